The Bertz CT molecular complexity index is 374. The number of nitrogens with zero attached hydrogens (tertiary/aromatic N) is 1. The summed E-state index contributed by atoms with van der Waals surface area (Å²) in [6.45, 7) is 10.1. The zero-order chi connectivity index (χ0) is 12.5. The summed E-state index contributed by atoms with van der Waals surface area (Å²) in [7, 11) is 0. The molecule has 0 saturated carbocycles. The largest absolute Gasteiger partial charge is 0.305 e. The number of benzene rings is 1. The Hall–Kier alpha value is -0.380. The van der Waals surface area contributed by atoms with Gasteiger partial charge in [-0.15, -0.1) is 0 Å². The predicted molar refractivity (Wildman–Crippen MR) is 76.2 cm³/mol. The summed E-state index contributed by atoms with van der Waals surface area (Å²) >= 11 is 3.49. The summed E-state index contributed by atoms with van der Waals surface area (Å²) < 4.78 is 1.14. The first kappa shape index (κ1) is 13.1. The van der Waals surface area contributed by atoms with Crippen LogP contribution in [0.3, 0.4) is 0 Å². The van der Waals surface area contributed by atoms with E-state index in [9.17, 15) is 0 Å². The second kappa shape index (κ2) is 5.09. The van der Waals surface area contributed by atoms with Gasteiger partial charge in [0.25, 0.3) is 0 Å². The van der Waals surface area contributed by atoms with Crippen molar-refractivity contribution in [1.82, 2.24) is 10.2 Å². The number of hydrogen-bond donors (Lipinski definition) is 1. The third kappa shape index (κ3) is 2.90. The van der Waals surface area contributed by atoms with Crippen molar-refractivity contribution in [1.29, 1.82) is 0 Å². The summed E-state index contributed by atoms with van der Waals surface area (Å²) in [6.07, 6.45) is 0. The molecule has 0 aliphatic carbocycles. The van der Waals surface area contributed by atoms with Crippen molar-refractivity contribution in [2.24, 2.45) is 0 Å². The molecule has 0 spiro atoms. The molecule has 1 aliphatic heterocycles. The van der Waals surface area contributed by atoms with Gasteiger partial charge in [-0.1, -0.05) is 28.1 Å². The van der Waals surface area contributed by atoms with Crippen LogP contribution < -0.4 is 5.32 Å². The van der Waals surface area contributed by atoms with Crippen LogP contribution in [0, 0.1) is 0 Å². The summed E-state index contributed by atoms with van der Waals surface area (Å²) in [6, 6.07) is 9.28. The Kier molecular flexibility index (Phi) is 3.91. The van der Waals surface area contributed by atoms with Crippen LogP contribution in [0.25, 0.3) is 0 Å². The second-order valence-corrected chi connectivity index (χ2v) is 6.25. The Labute approximate surface area is 113 Å². The molecule has 2 rings (SSSR count). The van der Waals surface area contributed by atoms with Gasteiger partial charge in [-0.25, -0.2) is 0 Å². The molecule has 0 aromatic heterocycles. The van der Waals surface area contributed by atoms with E-state index in [0.717, 1.165) is 24.1 Å². The molecular formula is C14H21BrN2. The van der Waals surface area contributed by atoms with E-state index in [4.69, 9.17) is 0 Å². The van der Waals surface area contributed by atoms with E-state index < -0.39 is 0 Å². The summed E-state index contributed by atoms with van der Waals surface area (Å²) in [5.41, 5.74) is 1.44. The molecular weight excluding hydrogens is 276 g/mol. The quantitative estimate of drug-likeness (QED) is 0.903. The SMILES string of the molecule is CC(C)N1CCN[C@@](C)(c2ccc(Br)cc2)C1. The first-order valence-electron chi connectivity index (χ1n) is 6.26. The minimum atomic E-state index is 0.0726. The molecule has 1 aromatic rings. The van der Waals surface area contributed by atoms with Crippen LogP contribution in [0.1, 0.15) is 26.3 Å². The number of piperazine rings is 1. The van der Waals surface area contributed by atoms with Crippen molar-refractivity contribution in [2.45, 2.75) is 32.4 Å². The highest BCUT2D eigenvalue weighted by atomic mass is 79.9. The minimum Gasteiger partial charge on any atom is -0.305 e. The van der Waals surface area contributed by atoms with Gasteiger partial charge < -0.3 is 5.32 Å². The minimum absolute atomic E-state index is 0.0726. The molecule has 0 amide bonds. The van der Waals surface area contributed by atoms with Crippen molar-refractivity contribution in [3.8, 4) is 0 Å². The highest BCUT2D eigenvalue weighted by Crippen LogP contribution is 2.26. The lowest BCUT2D eigenvalue weighted by Crippen LogP contribution is -2.58. The molecule has 3 heteroatoms. The molecule has 1 N–H and O–H groups in total. The number of halogens is 1. The van der Waals surface area contributed by atoms with E-state index in [1.54, 1.807) is 0 Å². The monoisotopic (exact) mass is 296 g/mol. The van der Waals surface area contributed by atoms with Gasteiger partial charge in [0.15, 0.2) is 0 Å². The fourth-order valence-corrected chi connectivity index (χ4v) is 2.73. The van der Waals surface area contributed by atoms with Gasteiger partial charge in [-0.3, -0.25) is 4.90 Å². The van der Waals surface area contributed by atoms with Crippen molar-refractivity contribution >= 4 is 15.9 Å². The molecule has 2 nitrogen and oxygen atoms in total. The summed E-state index contributed by atoms with van der Waals surface area (Å²) in [5, 5.41) is 3.66. The molecule has 1 aliphatic rings. The lowest BCUT2D eigenvalue weighted by Gasteiger charge is -2.43. The van der Waals surface area contributed by atoms with Gasteiger partial charge in [0.2, 0.25) is 0 Å². The second-order valence-electron chi connectivity index (χ2n) is 5.33. The van der Waals surface area contributed by atoms with E-state index in [1.807, 2.05) is 0 Å². The number of rotatable bonds is 2. The maximum atomic E-state index is 3.66. The summed E-state index contributed by atoms with van der Waals surface area (Å²) in [4.78, 5) is 2.54. The van der Waals surface area contributed by atoms with Crippen LogP contribution in [0.4, 0.5) is 0 Å². The fraction of sp³-hybridized carbons (Fsp3) is 0.571. The molecule has 0 radical (unpaired) electrons. The molecule has 1 atom stereocenters. The molecule has 94 valence electrons. The van der Waals surface area contributed by atoms with Crippen molar-refractivity contribution < 1.29 is 0 Å². The maximum absolute atomic E-state index is 3.66. The first-order chi connectivity index (χ1) is 8.01. The normalized spacial score (nSPS) is 26.4. The smallest absolute Gasteiger partial charge is 0.0535 e. The van der Waals surface area contributed by atoms with Crippen LogP contribution in [0.5, 0.6) is 0 Å². The van der Waals surface area contributed by atoms with Gasteiger partial charge in [0.05, 0.1) is 5.54 Å². The highest BCUT2D eigenvalue weighted by Gasteiger charge is 2.32. The standard InChI is InChI=1S/C14H21BrN2/c1-11(2)17-9-8-16-14(3,10-17)12-4-6-13(15)7-5-12/h4-7,11,16H,8-10H2,1-3H3/t14-/m1/s1. The van der Waals surface area contributed by atoms with Crippen molar-refractivity contribution in [3.63, 3.8) is 0 Å². The van der Waals surface area contributed by atoms with E-state index in [0.29, 0.717) is 6.04 Å². The molecule has 0 bridgehead atoms. The van der Waals surface area contributed by atoms with Gasteiger partial charge in [-0.05, 0) is 38.5 Å². The molecule has 1 fully saturated rings. The van der Waals surface area contributed by atoms with Gasteiger partial charge >= 0.3 is 0 Å². The zero-order valence-corrected chi connectivity index (χ0v) is 12.4. The van der Waals surface area contributed by atoms with E-state index in [-0.39, 0.29) is 5.54 Å². The zero-order valence-electron chi connectivity index (χ0n) is 10.8. The Morgan fingerprint density at radius 1 is 1.29 bits per heavy atom. The van der Waals surface area contributed by atoms with Crippen molar-refractivity contribution in [2.75, 3.05) is 19.6 Å². The third-order valence-electron chi connectivity index (χ3n) is 3.65. The van der Waals surface area contributed by atoms with E-state index in [1.165, 1.54) is 5.56 Å². The van der Waals surface area contributed by atoms with Crippen LogP contribution in [-0.2, 0) is 5.54 Å². The average Bonchev–Trinajstić information content (AvgIpc) is 2.29. The maximum Gasteiger partial charge on any atom is 0.0535 e. The Morgan fingerprint density at radius 2 is 1.94 bits per heavy atom. The number of hydrogen-bond acceptors (Lipinski definition) is 2. The van der Waals surface area contributed by atoms with Gasteiger partial charge in [0.1, 0.15) is 0 Å². The highest BCUT2D eigenvalue weighted by molar-refractivity contribution is 9.10. The van der Waals surface area contributed by atoms with Crippen LogP contribution in [0.2, 0.25) is 0 Å². The van der Waals surface area contributed by atoms with Crippen LogP contribution in [0.15, 0.2) is 28.7 Å². The van der Waals surface area contributed by atoms with Crippen molar-refractivity contribution in [3.05, 3.63) is 34.3 Å². The van der Waals surface area contributed by atoms with Crippen LogP contribution in [-0.4, -0.2) is 30.6 Å². The topological polar surface area (TPSA) is 15.3 Å². The predicted octanol–water partition coefficient (Wildman–Crippen LogP) is 2.98. The first-order valence-corrected chi connectivity index (χ1v) is 7.06. The Morgan fingerprint density at radius 3 is 2.53 bits per heavy atom. The lowest BCUT2D eigenvalue weighted by atomic mass is 9.89. The van der Waals surface area contributed by atoms with Gasteiger partial charge in [-0.2, -0.15) is 0 Å². The molecule has 1 heterocycles. The van der Waals surface area contributed by atoms with E-state index >= 15 is 0 Å². The molecule has 1 saturated heterocycles. The van der Waals surface area contributed by atoms with Crippen LogP contribution >= 0.6 is 15.9 Å². The average molecular weight is 297 g/mol. The lowest BCUT2D eigenvalue weighted by molar-refractivity contribution is 0.114. The van der Waals surface area contributed by atoms with E-state index in [2.05, 4.69) is 71.2 Å². The Balaban J connectivity index is 2.20. The molecule has 17 heavy (non-hydrogen) atoms. The summed E-state index contributed by atoms with van der Waals surface area (Å²) in [5.74, 6) is 0. The number of nitrogens with one attached hydrogen (secondary N) is 1. The fourth-order valence-electron chi connectivity index (χ4n) is 2.47. The van der Waals surface area contributed by atoms with Gasteiger partial charge in [0, 0.05) is 30.1 Å². The third-order valence-corrected chi connectivity index (χ3v) is 4.17. The molecule has 1 aromatic carbocycles. The molecule has 0 unspecified atom stereocenters.